The molecule has 7 heteroatoms. The van der Waals surface area contributed by atoms with E-state index in [1.807, 2.05) is 0 Å². The van der Waals surface area contributed by atoms with Crippen LogP contribution in [0.15, 0.2) is 12.3 Å². The average Bonchev–Trinajstić information content (AvgIpc) is 2.27. The van der Waals surface area contributed by atoms with Gasteiger partial charge in [-0.3, -0.25) is 4.79 Å². The SMILES string of the molecule is C[C@@H](Nc1nccc(C(=O)OC(C)(C)C)n1)C(N)=O. The molecule has 0 radical (unpaired) electrons. The van der Waals surface area contributed by atoms with E-state index in [0.717, 1.165) is 0 Å². The van der Waals surface area contributed by atoms with E-state index in [4.69, 9.17) is 10.5 Å². The van der Waals surface area contributed by atoms with Crippen LogP contribution in [-0.4, -0.2) is 33.5 Å². The predicted octanol–water partition coefficient (Wildman–Crippen LogP) is 0.718. The van der Waals surface area contributed by atoms with Crippen LogP contribution in [-0.2, 0) is 9.53 Å². The molecule has 0 aliphatic rings. The van der Waals surface area contributed by atoms with Crippen molar-refractivity contribution in [1.82, 2.24) is 9.97 Å². The minimum Gasteiger partial charge on any atom is -0.455 e. The van der Waals surface area contributed by atoms with Gasteiger partial charge in [-0.2, -0.15) is 0 Å². The van der Waals surface area contributed by atoms with Crippen LogP contribution in [0.2, 0.25) is 0 Å². The van der Waals surface area contributed by atoms with Gasteiger partial charge in [-0.05, 0) is 33.8 Å². The number of nitrogens with one attached hydrogen (secondary N) is 1. The van der Waals surface area contributed by atoms with Gasteiger partial charge in [0.1, 0.15) is 11.6 Å². The summed E-state index contributed by atoms with van der Waals surface area (Å²) in [7, 11) is 0. The van der Waals surface area contributed by atoms with Crippen molar-refractivity contribution < 1.29 is 14.3 Å². The summed E-state index contributed by atoms with van der Waals surface area (Å²) < 4.78 is 5.18. The number of rotatable bonds is 4. The quantitative estimate of drug-likeness (QED) is 0.777. The smallest absolute Gasteiger partial charge is 0.357 e. The molecule has 1 amide bonds. The van der Waals surface area contributed by atoms with Crippen molar-refractivity contribution in [3.8, 4) is 0 Å². The molecule has 0 saturated heterocycles. The summed E-state index contributed by atoms with van der Waals surface area (Å²) in [4.78, 5) is 30.6. The number of hydrogen-bond donors (Lipinski definition) is 2. The fraction of sp³-hybridized carbons (Fsp3) is 0.500. The maximum Gasteiger partial charge on any atom is 0.357 e. The fourth-order valence-electron chi connectivity index (χ4n) is 1.14. The van der Waals surface area contributed by atoms with Crippen LogP contribution in [0.25, 0.3) is 0 Å². The molecule has 0 aliphatic carbocycles. The van der Waals surface area contributed by atoms with Gasteiger partial charge >= 0.3 is 5.97 Å². The van der Waals surface area contributed by atoms with Gasteiger partial charge in [0.05, 0.1) is 0 Å². The Morgan fingerprint density at radius 3 is 2.58 bits per heavy atom. The lowest BCUT2D eigenvalue weighted by molar-refractivity contribution is -0.118. The molecule has 0 bridgehead atoms. The van der Waals surface area contributed by atoms with E-state index in [2.05, 4.69) is 15.3 Å². The third kappa shape index (κ3) is 4.90. The van der Waals surface area contributed by atoms with Gasteiger partial charge in [0.15, 0.2) is 5.69 Å². The number of carbonyl (C=O) groups is 2. The second kappa shape index (κ2) is 5.64. The third-order valence-electron chi connectivity index (χ3n) is 2.04. The van der Waals surface area contributed by atoms with Gasteiger partial charge in [-0.1, -0.05) is 0 Å². The van der Waals surface area contributed by atoms with E-state index in [-0.39, 0.29) is 11.6 Å². The molecule has 0 spiro atoms. The molecule has 0 fully saturated rings. The molecular formula is C12H18N4O3. The van der Waals surface area contributed by atoms with Crippen LogP contribution < -0.4 is 11.1 Å². The number of hydrogen-bond acceptors (Lipinski definition) is 6. The molecule has 1 atom stereocenters. The van der Waals surface area contributed by atoms with Crippen molar-refractivity contribution in [1.29, 1.82) is 0 Å². The molecule has 0 saturated carbocycles. The number of aromatic nitrogens is 2. The summed E-state index contributed by atoms with van der Waals surface area (Å²) in [5.74, 6) is -0.939. The standard InChI is InChI=1S/C12H18N4O3/c1-7(9(13)17)15-11-14-6-5-8(16-11)10(18)19-12(2,3)4/h5-7H,1-4H3,(H2,13,17)(H,14,15,16)/t7-/m1/s1. The lowest BCUT2D eigenvalue weighted by atomic mass is 10.2. The summed E-state index contributed by atoms with van der Waals surface area (Å²) in [6.07, 6.45) is 1.41. The Morgan fingerprint density at radius 2 is 2.05 bits per heavy atom. The van der Waals surface area contributed by atoms with Gasteiger partial charge < -0.3 is 15.8 Å². The van der Waals surface area contributed by atoms with Gasteiger partial charge in [-0.25, -0.2) is 14.8 Å². The summed E-state index contributed by atoms with van der Waals surface area (Å²) in [5.41, 5.74) is 4.63. The highest BCUT2D eigenvalue weighted by Gasteiger charge is 2.19. The van der Waals surface area contributed by atoms with Gasteiger partial charge in [0.25, 0.3) is 0 Å². The Kier molecular flexibility index (Phi) is 4.42. The topological polar surface area (TPSA) is 107 Å². The average molecular weight is 266 g/mol. The van der Waals surface area contributed by atoms with E-state index in [1.165, 1.54) is 12.3 Å². The van der Waals surface area contributed by atoms with Crippen LogP contribution in [0.1, 0.15) is 38.2 Å². The van der Waals surface area contributed by atoms with Crippen molar-refractivity contribution in [2.75, 3.05) is 5.32 Å². The Labute approximate surface area is 111 Å². The molecule has 1 rings (SSSR count). The van der Waals surface area contributed by atoms with Crippen LogP contribution in [0.5, 0.6) is 0 Å². The van der Waals surface area contributed by atoms with E-state index < -0.39 is 23.5 Å². The van der Waals surface area contributed by atoms with E-state index >= 15 is 0 Å². The van der Waals surface area contributed by atoms with Crippen molar-refractivity contribution in [3.63, 3.8) is 0 Å². The minimum absolute atomic E-state index is 0.115. The van der Waals surface area contributed by atoms with E-state index in [1.54, 1.807) is 27.7 Å². The highest BCUT2D eigenvalue weighted by molar-refractivity contribution is 5.88. The summed E-state index contributed by atoms with van der Waals surface area (Å²) >= 11 is 0. The van der Waals surface area contributed by atoms with Gasteiger partial charge in [-0.15, -0.1) is 0 Å². The highest BCUT2D eigenvalue weighted by atomic mass is 16.6. The van der Waals surface area contributed by atoms with E-state index in [9.17, 15) is 9.59 Å². The summed E-state index contributed by atoms with van der Waals surface area (Å²) in [5, 5.41) is 2.69. The van der Waals surface area contributed by atoms with Gasteiger partial charge in [0, 0.05) is 6.20 Å². The third-order valence-corrected chi connectivity index (χ3v) is 2.04. The van der Waals surface area contributed by atoms with Crippen LogP contribution in [0, 0.1) is 0 Å². The molecule has 104 valence electrons. The number of primary amides is 1. The maximum absolute atomic E-state index is 11.8. The number of amides is 1. The zero-order chi connectivity index (χ0) is 14.6. The Hall–Kier alpha value is -2.18. The Balaban J connectivity index is 2.82. The molecule has 1 aromatic rings. The first-order valence-electron chi connectivity index (χ1n) is 5.81. The normalized spacial score (nSPS) is 12.6. The van der Waals surface area contributed by atoms with Crippen molar-refractivity contribution >= 4 is 17.8 Å². The number of anilines is 1. The molecule has 1 heterocycles. The first-order chi connectivity index (χ1) is 8.69. The lowest BCUT2D eigenvalue weighted by Gasteiger charge is -2.19. The molecule has 1 aromatic heterocycles. The molecule has 0 aliphatic heterocycles. The molecule has 3 N–H and O–H groups in total. The first kappa shape index (κ1) is 14.9. The lowest BCUT2D eigenvalue weighted by Crippen LogP contribution is -2.33. The Morgan fingerprint density at radius 1 is 1.42 bits per heavy atom. The predicted molar refractivity (Wildman–Crippen MR) is 69.5 cm³/mol. The highest BCUT2D eigenvalue weighted by Crippen LogP contribution is 2.11. The monoisotopic (exact) mass is 266 g/mol. The molecular weight excluding hydrogens is 248 g/mol. The molecule has 0 unspecified atom stereocenters. The van der Waals surface area contributed by atoms with Crippen LogP contribution in [0.3, 0.4) is 0 Å². The Bertz CT molecular complexity index is 482. The molecule has 19 heavy (non-hydrogen) atoms. The largest absolute Gasteiger partial charge is 0.455 e. The second-order valence-corrected chi connectivity index (χ2v) is 5.04. The minimum atomic E-state index is -0.631. The van der Waals surface area contributed by atoms with Gasteiger partial charge in [0.2, 0.25) is 11.9 Å². The zero-order valence-corrected chi connectivity index (χ0v) is 11.4. The molecule has 0 aromatic carbocycles. The molecule has 7 nitrogen and oxygen atoms in total. The van der Waals surface area contributed by atoms with Crippen LogP contribution >= 0.6 is 0 Å². The number of ether oxygens (including phenoxy) is 1. The zero-order valence-electron chi connectivity index (χ0n) is 11.4. The van der Waals surface area contributed by atoms with Crippen molar-refractivity contribution in [2.24, 2.45) is 5.73 Å². The summed E-state index contributed by atoms with van der Waals surface area (Å²) in [6, 6.07) is 0.808. The number of nitrogens with zero attached hydrogens (tertiary/aromatic N) is 2. The summed E-state index contributed by atoms with van der Waals surface area (Å²) in [6.45, 7) is 6.87. The van der Waals surface area contributed by atoms with Crippen molar-refractivity contribution in [2.45, 2.75) is 39.3 Å². The number of carbonyl (C=O) groups excluding carboxylic acids is 2. The fourth-order valence-corrected chi connectivity index (χ4v) is 1.14. The van der Waals surface area contributed by atoms with Crippen LogP contribution in [0.4, 0.5) is 5.95 Å². The van der Waals surface area contributed by atoms with E-state index in [0.29, 0.717) is 0 Å². The first-order valence-corrected chi connectivity index (χ1v) is 5.81. The van der Waals surface area contributed by atoms with Crippen molar-refractivity contribution in [3.05, 3.63) is 18.0 Å². The number of nitrogens with two attached hydrogens (primary N) is 1. The maximum atomic E-state index is 11.8. The second-order valence-electron chi connectivity index (χ2n) is 5.04. The number of esters is 1.